The molecular formula is C13H23N3O3S2. The van der Waals surface area contributed by atoms with E-state index in [1.807, 2.05) is 13.8 Å². The molecule has 21 heavy (non-hydrogen) atoms. The first-order valence-corrected chi connectivity index (χ1v) is 9.18. The lowest BCUT2D eigenvalue weighted by molar-refractivity contribution is -0.123. The van der Waals surface area contributed by atoms with Gasteiger partial charge in [0.1, 0.15) is 4.21 Å². The van der Waals surface area contributed by atoms with Crippen LogP contribution in [0.25, 0.3) is 0 Å². The van der Waals surface area contributed by atoms with Gasteiger partial charge < -0.3 is 11.1 Å². The lowest BCUT2D eigenvalue weighted by atomic mass is 10.0. The molecule has 0 saturated carbocycles. The van der Waals surface area contributed by atoms with Gasteiger partial charge in [-0.1, -0.05) is 19.9 Å². The molecule has 0 saturated heterocycles. The first-order chi connectivity index (χ1) is 9.76. The van der Waals surface area contributed by atoms with Crippen molar-refractivity contribution < 1.29 is 13.2 Å². The molecule has 0 bridgehead atoms. The maximum absolute atomic E-state index is 12.1. The van der Waals surface area contributed by atoms with Gasteiger partial charge in [0.2, 0.25) is 5.91 Å². The predicted molar refractivity (Wildman–Crippen MR) is 84.5 cm³/mol. The molecule has 1 aromatic rings. The van der Waals surface area contributed by atoms with Crippen molar-refractivity contribution in [3.63, 3.8) is 0 Å². The molecule has 0 aromatic carbocycles. The lowest BCUT2D eigenvalue weighted by Crippen LogP contribution is -2.50. The molecule has 0 spiro atoms. The highest BCUT2D eigenvalue weighted by Crippen LogP contribution is 2.15. The van der Waals surface area contributed by atoms with E-state index in [4.69, 9.17) is 5.73 Å². The Bertz CT molecular complexity index is 541. The number of rotatable bonds is 8. The van der Waals surface area contributed by atoms with Gasteiger partial charge in [-0.05, 0) is 30.7 Å². The van der Waals surface area contributed by atoms with E-state index in [1.54, 1.807) is 11.4 Å². The minimum Gasteiger partial charge on any atom is -0.351 e. The molecule has 8 heteroatoms. The average Bonchev–Trinajstić information content (AvgIpc) is 2.91. The molecule has 1 rings (SSSR count). The minimum atomic E-state index is -3.65. The molecular weight excluding hydrogens is 310 g/mol. The highest BCUT2D eigenvalue weighted by molar-refractivity contribution is 7.91. The second-order valence-electron chi connectivity index (χ2n) is 5.35. The number of thiophene rings is 1. The number of hydrogen-bond acceptors (Lipinski definition) is 5. The standard InChI is InChI=1S/C13H23N3O3S2/c1-9(2)7-11(8-14)15-13(17)10(3)16-21(18,19)12-5-4-6-20-12/h4-6,9-11,16H,7-8,14H2,1-3H3,(H,15,17). The Balaban J connectivity index is 2.62. The first-order valence-electron chi connectivity index (χ1n) is 6.82. The second kappa shape index (κ2) is 7.88. The largest absolute Gasteiger partial charge is 0.351 e. The molecule has 1 amide bonds. The maximum atomic E-state index is 12.1. The summed E-state index contributed by atoms with van der Waals surface area (Å²) in [4.78, 5) is 12.1. The Hall–Kier alpha value is -0.960. The Morgan fingerprint density at radius 2 is 2.05 bits per heavy atom. The number of nitrogens with two attached hydrogens (primary N) is 1. The Morgan fingerprint density at radius 1 is 1.38 bits per heavy atom. The monoisotopic (exact) mass is 333 g/mol. The van der Waals surface area contributed by atoms with E-state index in [1.165, 1.54) is 13.0 Å². The highest BCUT2D eigenvalue weighted by Gasteiger charge is 2.24. The van der Waals surface area contributed by atoms with Gasteiger partial charge >= 0.3 is 0 Å². The van der Waals surface area contributed by atoms with Crippen molar-refractivity contribution in [3.8, 4) is 0 Å². The molecule has 120 valence electrons. The molecule has 1 heterocycles. The van der Waals surface area contributed by atoms with Gasteiger partial charge in [0.05, 0.1) is 6.04 Å². The van der Waals surface area contributed by atoms with Crippen LogP contribution < -0.4 is 15.8 Å². The van der Waals surface area contributed by atoms with Gasteiger partial charge in [-0.2, -0.15) is 4.72 Å². The van der Waals surface area contributed by atoms with Crippen LogP contribution >= 0.6 is 11.3 Å². The third kappa shape index (κ3) is 5.74. The number of sulfonamides is 1. The third-order valence-electron chi connectivity index (χ3n) is 2.87. The van der Waals surface area contributed by atoms with E-state index in [2.05, 4.69) is 10.0 Å². The van der Waals surface area contributed by atoms with Crippen LogP contribution in [0, 0.1) is 5.92 Å². The summed E-state index contributed by atoms with van der Waals surface area (Å²) in [5.41, 5.74) is 5.62. The van der Waals surface area contributed by atoms with Gasteiger partial charge in [-0.15, -0.1) is 11.3 Å². The van der Waals surface area contributed by atoms with Crippen LogP contribution in [0.3, 0.4) is 0 Å². The van der Waals surface area contributed by atoms with Crippen LogP contribution in [0.2, 0.25) is 0 Å². The van der Waals surface area contributed by atoms with E-state index in [9.17, 15) is 13.2 Å². The molecule has 0 fully saturated rings. The average molecular weight is 333 g/mol. The number of amides is 1. The van der Waals surface area contributed by atoms with Crippen molar-refractivity contribution in [1.82, 2.24) is 10.0 Å². The zero-order valence-electron chi connectivity index (χ0n) is 12.5. The van der Waals surface area contributed by atoms with E-state index in [0.29, 0.717) is 12.5 Å². The molecule has 6 nitrogen and oxygen atoms in total. The van der Waals surface area contributed by atoms with Gasteiger partial charge in [-0.3, -0.25) is 4.79 Å². The first kappa shape index (κ1) is 18.1. The predicted octanol–water partition coefficient (Wildman–Crippen LogP) is 0.905. The summed E-state index contributed by atoms with van der Waals surface area (Å²) >= 11 is 1.11. The quantitative estimate of drug-likeness (QED) is 0.658. The summed E-state index contributed by atoms with van der Waals surface area (Å²) in [5.74, 6) is 0.0307. The summed E-state index contributed by atoms with van der Waals surface area (Å²) in [6.07, 6.45) is 0.757. The third-order valence-corrected chi connectivity index (χ3v) is 5.81. The van der Waals surface area contributed by atoms with Gasteiger partial charge in [0.15, 0.2) is 0 Å². The molecule has 0 aliphatic rings. The van der Waals surface area contributed by atoms with Crippen LogP contribution in [0.5, 0.6) is 0 Å². The maximum Gasteiger partial charge on any atom is 0.250 e. The molecule has 2 unspecified atom stereocenters. The fraction of sp³-hybridized carbons (Fsp3) is 0.615. The summed E-state index contributed by atoms with van der Waals surface area (Å²) in [7, 11) is -3.65. The van der Waals surface area contributed by atoms with Crippen molar-refractivity contribution in [2.45, 2.75) is 43.5 Å². The smallest absolute Gasteiger partial charge is 0.250 e. The van der Waals surface area contributed by atoms with Crippen LogP contribution in [-0.4, -0.2) is 33.0 Å². The fourth-order valence-corrected chi connectivity index (χ4v) is 4.08. The van der Waals surface area contributed by atoms with Crippen molar-refractivity contribution in [2.75, 3.05) is 6.54 Å². The molecule has 0 radical (unpaired) electrons. The Kier molecular flexibility index (Phi) is 6.79. The van der Waals surface area contributed by atoms with Crippen LogP contribution in [0.1, 0.15) is 27.2 Å². The Morgan fingerprint density at radius 3 is 2.52 bits per heavy atom. The molecule has 4 N–H and O–H groups in total. The van der Waals surface area contributed by atoms with E-state index >= 15 is 0 Å². The zero-order valence-corrected chi connectivity index (χ0v) is 14.1. The topological polar surface area (TPSA) is 101 Å². The van der Waals surface area contributed by atoms with Crippen LogP contribution in [-0.2, 0) is 14.8 Å². The van der Waals surface area contributed by atoms with Crippen molar-refractivity contribution in [1.29, 1.82) is 0 Å². The van der Waals surface area contributed by atoms with Crippen LogP contribution in [0.4, 0.5) is 0 Å². The van der Waals surface area contributed by atoms with E-state index < -0.39 is 16.1 Å². The normalized spacial score (nSPS) is 14.9. The molecule has 0 aliphatic heterocycles. The van der Waals surface area contributed by atoms with Crippen molar-refractivity contribution >= 4 is 27.3 Å². The highest BCUT2D eigenvalue weighted by atomic mass is 32.2. The second-order valence-corrected chi connectivity index (χ2v) is 8.23. The van der Waals surface area contributed by atoms with Crippen LogP contribution in [0.15, 0.2) is 21.7 Å². The summed E-state index contributed by atoms with van der Waals surface area (Å²) in [6, 6.07) is 2.15. The summed E-state index contributed by atoms with van der Waals surface area (Å²) in [5, 5.41) is 4.45. The molecule has 1 aromatic heterocycles. The summed E-state index contributed by atoms with van der Waals surface area (Å²) < 4.78 is 26.6. The number of hydrogen-bond donors (Lipinski definition) is 3. The van der Waals surface area contributed by atoms with E-state index in [0.717, 1.165) is 17.8 Å². The SMILES string of the molecule is CC(C)CC(CN)NC(=O)C(C)NS(=O)(=O)c1cccs1. The number of carbonyl (C=O) groups is 1. The van der Waals surface area contributed by atoms with Crippen molar-refractivity contribution in [2.24, 2.45) is 11.7 Å². The zero-order chi connectivity index (χ0) is 16.0. The van der Waals surface area contributed by atoms with Crippen molar-refractivity contribution in [3.05, 3.63) is 17.5 Å². The molecule has 2 atom stereocenters. The summed E-state index contributed by atoms with van der Waals surface area (Å²) in [6.45, 7) is 5.92. The van der Waals surface area contributed by atoms with Gasteiger partial charge in [0, 0.05) is 12.6 Å². The fourth-order valence-electron chi connectivity index (χ4n) is 1.87. The Labute approximate surface area is 130 Å². The van der Waals surface area contributed by atoms with Gasteiger partial charge in [-0.25, -0.2) is 8.42 Å². The lowest BCUT2D eigenvalue weighted by Gasteiger charge is -2.21. The number of carbonyl (C=O) groups excluding carboxylic acids is 1. The minimum absolute atomic E-state index is 0.147. The molecule has 0 aliphatic carbocycles. The number of nitrogens with one attached hydrogen (secondary N) is 2. The van der Waals surface area contributed by atoms with Gasteiger partial charge in [0.25, 0.3) is 10.0 Å². The van der Waals surface area contributed by atoms with E-state index in [-0.39, 0.29) is 16.2 Å².